The number of rotatable bonds is 1. The fourth-order valence-electron chi connectivity index (χ4n) is 2.45. The first kappa shape index (κ1) is 11.3. The first-order valence-electron chi connectivity index (χ1n) is 5.81. The zero-order valence-electron chi connectivity index (χ0n) is 9.54. The second-order valence-corrected chi connectivity index (χ2v) is 4.37. The molecule has 0 aliphatic heterocycles. The molecule has 5 heteroatoms. The normalized spacial score (nSPS) is 14.8. The molecule has 94 valence electrons. The molecule has 3 rings (SSSR count). The molecule has 0 amide bonds. The van der Waals surface area contributed by atoms with E-state index in [-0.39, 0.29) is 0 Å². The summed E-state index contributed by atoms with van der Waals surface area (Å²) in [6.07, 6.45) is -2.47. The summed E-state index contributed by atoms with van der Waals surface area (Å²) >= 11 is 0. The largest absolute Gasteiger partial charge is 0.435 e. The monoisotopic (exact) mass is 252 g/mol. The predicted molar refractivity (Wildman–Crippen MR) is 60.6 cm³/mol. The van der Waals surface area contributed by atoms with E-state index in [2.05, 4.69) is 5.10 Å². The zero-order chi connectivity index (χ0) is 12.8. The van der Waals surface area contributed by atoms with Gasteiger partial charge in [0.1, 0.15) is 0 Å². The molecule has 0 spiro atoms. The highest BCUT2D eigenvalue weighted by atomic mass is 19.4. The van der Waals surface area contributed by atoms with E-state index in [0.29, 0.717) is 29.8 Å². The number of aromatic nitrogens is 2. The molecule has 0 saturated heterocycles. The summed E-state index contributed by atoms with van der Waals surface area (Å²) in [6, 6.07) is 8.96. The molecule has 0 saturated carbocycles. The predicted octanol–water partition coefficient (Wildman–Crippen LogP) is 3.38. The van der Waals surface area contributed by atoms with Gasteiger partial charge >= 0.3 is 6.18 Å². The Hall–Kier alpha value is -1.78. The number of halogens is 3. The lowest BCUT2D eigenvalue weighted by Crippen LogP contribution is -2.09. The lowest BCUT2D eigenvalue weighted by atomic mass is 10.2. The Morgan fingerprint density at radius 1 is 1.06 bits per heavy atom. The summed E-state index contributed by atoms with van der Waals surface area (Å²) in [5, 5.41) is 3.76. The van der Waals surface area contributed by atoms with E-state index in [0.717, 1.165) is 6.42 Å². The van der Waals surface area contributed by atoms with Crippen molar-refractivity contribution in [3.8, 4) is 5.69 Å². The number of para-hydroxylation sites is 1. The summed E-state index contributed by atoms with van der Waals surface area (Å²) in [7, 11) is 0. The van der Waals surface area contributed by atoms with Crippen molar-refractivity contribution in [2.45, 2.75) is 25.4 Å². The zero-order valence-corrected chi connectivity index (χ0v) is 9.54. The SMILES string of the molecule is FC(F)(F)c1nn(-c2ccccc2)c2c1CCC2. The maximum absolute atomic E-state index is 12.9. The Bertz CT molecular complexity index is 570. The van der Waals surface area contributed by atoms with Gasteiger partial charge in [0, 0.05) is 11.3 Å². The summed E-state index contributed by atoms with van der Waals surface area (Å²) in [4.78, 5) is 0. The molecule has 1 aromatic carbocycles. The number of hydrogen-bond acceptors (Lipinski definition) is 1. The Kier molecular flexibility index (Phi) is 2.43. The van der Waals surface area contributed by atoms with E-state index in [1.807, 2.05) is 6.07 Å². The fraction of sp³-hybridized carbons (Fsp3) is 0.308. The van der Waals surface area contributed by atoms with Gasteiger partial charge in [-0.25, -0.2) is 4.68 Å². The quantitative estimate of drug-likeness (QED) is 0.760. The van der Waals surface area contributed by atoms with Crippen molar-refractivity contribution in [2.75, 3.05) is 0 Å². The minimum absolute atomic E-state index is 0.367. The molecule has 0 fully saturated rings. The first-order chi connectivity index (χ1) is 8.57. The molecular weight excluding hydrogens is 241 g/mol. The topological polar surface area (TPSA) is 17.8 Å². The third-order valence-electron chi connectivity index (χ3n) is 3.20. The fourth-order valence-corrected chi connectivity index (χ4v) is 2.45. The number of nitrogens with zero attached hydrogens (tertiary/aromatic N) is 2. The van der Waals surface area contributed by atoms with E-state index in [1.54, 1.807) is 24.3 Å². The van der Waals surface area contributed by atoms with Crippen LogP contribution in [0.15, 0.2) is 30.3 Å². The minimum atomic E-state index is -4.37. The van der Waals surface area contributed by atoms with Crippen LogP contribution < -0.4 is 0 Å². The molecular formula is C13H11F3N2. The highest BCUT2D eigenvalue weighted by Gasteiger charge is 2.40. The van der Waals surface area contributed by atoms with Crippen molar-refractivity contribution in [1.29, 1.82) is 0 Å². The van der Waals surface area contributed by atoms with Gasteiger partial charge in [0.25, 0.3) is 0 Å². The first-order valence-corrected chi connectivity index (χ1v) is 5.81. The third-order valence-corrected chi connectivity index (χ3v) is 3.20. The molecule has 1 aliphatic rings. The van der Waals surface area contributed by atoms with Crippen molar-refractivity contribution in [3.05, 3.63) is 47.3 Å². The second-order valence-electron chi connectivity index (χ2n) is 4.37. The number of alkyl halides is 3. The van der Waals surface area contributed by atoms with E-state index in [1.165, 1.54) is 4.68 Å². The summed E-state index contributed by atoms with van der Waals surface area (Å²) < 4.78 is 40.1. The van der Waals surface area contributed by atoms with E-state index >= 15 is 0 Å². The molecule has 18 heavy (non-hydrogen) atoms. The van der Waals surface area contributed by atoms with Crippen molar-refractivity contribution >= 4 is 0 Å². The molecule has 2 aromatic rings. The van der Waals surface area contributed by atoms with Crippen LogP contribution in [0.2, 0.25) is 0 Å². The molecule has 1 aromatic heterocycles. The maximum Gasteiger partial charge on any atom is 0.435 e. The van der Waals surface area contributed by atoms with Crippen LogP contribution in [0, 0.1) is 0 Å². The average Bonchev–Trinajstić information content (AvgIpc) is 2.89. The molecule has 0 unspecified atom stereocenters. The molecule has 1 heterocycles. The van der Waals surface area contributed by atoms with Gasteiger partial charge < -0.3 is 0 Å². The van der Waals surface area contributed by atoms with Gasteiger partial charge in [0.2, 0.25) is 0 Å². The van der Waals surface area contributed by atoms with Gasteiger partial charge in [-0.2, -0.15) is 18.3 Å². The Morgan fingerprint density at radius 3 is 2.44 bits per heavy atom. The number of benzene rings is 1. The lowest BCUT2D eigenvalue weighted by Gasteiger charge is -2.05. The summed E-state index contributed by atoms with van der Waals surface area (Å²) in [6.45, 7) is 0. The highest BCUT2D eigenvalue weighted by Crippen LogP contribution is 2.37. The van der Waals surface area contributed by atoms with Crippen LogP contribution in [0.3, 0.4) is 0 Å². The van der Waals surface area contributed by atoms with E-state index in [9.17, 15) is 13.2 Å². The van der Waals surface area contributed by atoms with Gasteiger partial charge in [0.05, 0.1) is 5.69 Å². The van der Waals surface area contributed by atoms with Crippen LogP contribution in [0.25, 0.3) is 5.69 Å². The Labute approximate surface area is 102 Å². The van der Waals surface area contributed by atoms with Crippen LogP contribution in [-0.2, 0) is 19.0 Å². The number of fused-ring (bicyclic) bond motifs is 1. The van der Waals surface area contributed by atoms with Crippen molar-refractivity contribution < 1.29 is 13.2 Å². The highest BCUT2D eigenvalue weighted by molar-refractivity contribution is 5.40. The van der Waals surface area contributed by atoms with E-state index in [4.69, 9.17) is 0 Å². The van der Waals surface area contributed by atoms with Crippen LogP contribution in [-0.4, -0.2) is 9.78 Å². The maximum atomic E-state index is 12.9. The van der Waals surface area contributed by atoms with Gasteiger partial charge in [-0.05, 0) is 31.4 Å². The van der Waals surface area contributed by atoms with Crippen LogP contribution in [0.5, 0.6) is 0 Å². The molecule has 0 N–H and O–H groups in total. The second kappa shape index (κ2) is 3.86. The average molecular weight is 252 g/mol. The molecule has 0 bridgehead atoms. The molecule has 2 nitrogen and oxygen atoms in total. The number of hydrogen-bond donors (Lipinski definition) is 0. The Balaban J connectivity index is 2.18. The summed E-state index contributed by atoms with van der Waals surface area (Å²) in [5.74, 6) is 0. The smallest absolute Gasteiger partial charge is 0.237 e. The van der Waals surface area contributed by atoms with Crippen LogP contribution in [0.4, 0.5) is 13.2 Å². The molecule has 0 radical (unpaired) electrons. The third kappa shape index (κ3) is 1.70. The van der Waals surface area contributed by atoms with Gasteiger partial charge in [0.15, 0.2) is 5.69 Å². The summed E-state index contributed by atoms with van der Waals surface area (Å²) in [5.41, 5.74) is 1.03. The van der Waals surface area contributed by atoms with Gasteiger partial charge in [-0.3, -0.25) is 0 Å². The van der Waals surface area contributed by atoms with Crippen molar-refractivity contribution in [2.24, 2.45) is 0 Å². The minimum Gasteiger partial charge on any atom is -0.237 e. The van der Waals surface area contributed by atoms with Gasteiger partial charge in [-0.15, -0.1) is 0 Å². The van der Waals surface area contributed by atoms with Crippen molar-refractivity contribution in [1.82, 2.24) is 9.78 Å². The van der Waals surface area contributed by atoms with Gasteiger partial charge in [-0.1, -0.05) is 18.2 Å². The standard InChI is InChI=1S/C13H11F3N2/c14-13(15,16)12-10-7-4-8-11(10)18(17-12)9-5-2-1-3-6-9/h1-3,5-6H,4,7-8H2. The van der Waals surface area contributed by atoms with Crippen LogP contribution >= 0.6 is 0 Å². The lowest BCUT2D eigenvalue weighted by molar-refractivity contribution is -0.141. The van der Waals surface area contributed by atoms with Crippen LogP contribution in [0.1, 0.15) is 23.4 Å². The molecule has 0 atom stereocenters. The van der Waals surface area contributed by atoms with Crippen molar-refractivity contribution in [3.63, 3.8) is 0 Å². The van der Waals surface area contributed by atoms with E-state index < -0.39 is 11.9 Å². The Morgan fingerprint density at radius 2 is 1.78 bits per heavy atom. The molecule has 1 aliphatic carbocycles.